The first-order valence-electron chi connectivity index (χ1n) is 4.42. The molecule has 0 aromatic carbocycles. The van der Waals surface area contributed by atoms with Crippen LogP contribution in [0.25, 0.3) is 0 Å². The highest BCUT2D eigenvalue weighted by atomic mass is 19.4. The van der Waals surface area contributed by atoms with E-state index in [0.29, 0.717) is 0 Å². The van der Waals surface area contributed by atoms with Crippen LogP contribution in [-0.2, 0) is 4.79 Å². The molecule has 0 aliphatic rings. The molecule has 2 N–H and O–H groups in total. The quantitative estimate of drug-likeness (QED) is 0.715. The van der Waals surface area contributed by atoms with Crippen molar-refractivity contribution in [1.29, 1.82) is 0 Å². The molecule has 14 heavy (non-hydrogen) atoms. The van der Waals surface area contributed by atoms with Gasteiger partial charge in [0.2, 0.25) is 5.91 Å². The smallest absolute Gasteiger partial charge is 0.354 e. The molecule has 0 radical (unpaired) electrons. The fourth-order valence-electron chi connectivity index (χ4n) is 0.932. The summed E-state index contributed by atoms with van der Waals surface area (Å²) in [6, 6.07) is -0.0165. The molecule has 1 amide bonds. The fraction of sp³-hybridized carbons (Fsp3) is 0.875. The lowest BCUT2D eigenvalue weighted by Gasteiger charge is -2.13. The molecule has 0 rings (SSSR count). The third-order valence-corrected chi connectivity index (χ3v) is 1.52. The van der Waals surface area contributed by atoms with Gasteiger partial charge in [0.25, 0.3) is 0 Å². The Bertz CT molecular complexity index is 182. The van der Waals surface area contributed by atoms with Crippen molar-refractivity contribution < 1.29 is 18.0 Å². The summed E-state index contributed by atoms with van der Waals surface area (Å²) < 4.78 is 35.1. The molecule has 6 heteroatoms. The molecule has 0 bridgehead atoms. The zero-order valence-electron chi connectivity index (χ0n) is 8.24. The van der Waals surface area contributed by atoms with Gasteiger partial charge in [0.1, 0.15) is 6.42 Å². The Morgan fingerprint density at radius 3 is 2.43 bits per heavy atom. The Kier molecular flexibility index (Phi) is 5.52. The zero-order valence-corrected chi connectivity index (χ0v) is 8.24. The first-order valence-corrected chi connectivity index (χ1v) is 4.42. The number of carbonyl (C=O) groups excluding carboxylic acids is 1. The number of likely N-dealkylation sites (N-methyl/N-ethyl adjacent to an activating group) is 1. The van der Waals surface area contributed by atoms with Gasteiger partial charge in [-0.25, -0.2) is 0 Å². The van der Waals surface area contributed by atoms with Crippen LogP contribution in [0, 0.1) is 0 Å². The van der Waals surface area contributed by atoms with Crippen molar-refractivity contribution in [2.75, 3.05) is 13.1 Å². The van der Waals surface area contributed by atoms with Gasteiger partial charge < -0.3 is 10.6 Å². The van der Waals surface area contributed by atoms with Crippen LogP contribution in [0.4, 0.5) is 13.2 Å². The lowest BCUT2D eigenvalue weighted by molar-refractivity contribution is -0.153. The zero-order chi connectivity index (χ0) is 11.2. The number of amides is 1. The van der Waals surface area contributed by atoms with Crippen molar-refractivity contribution in [3.63, 3.8) is 0 Å². The predicted molar refractivity (Wildman–Crippen MR) is 46.8 cm³/mol. The Balaban J connectivity index is 3.64. The molecule has 0 spiro atoms. The number of hydrogen-bond donors (Lipinski definition) is 2. The number of carbonyl (C=O) groups is 1. The molecule has 0 heterocycles. The van der Waals surface area contributed by atoms with E-state index in [1.54, 1.807) is 6.92 Å². The summed E-state index contributed by atoms with van der Waals surface area (Å²) in [5.41, 5.74) is 0. The number of alkyl halides is 3. The van der Waals surface area contributed by atoms with Gasteiger partial charge >= 0.3 is 6.18 Å². The topological polar surface area (TPSA) is 41.1 Å². The number of rotatable bonds is 5. The van der Waals surface area contributed by atoms with E-state index in [4.69, 9.17) is 0 Å². The number of halogens is 3. The minimum atomic E-state index is -4.43. The molecular formula is C8H15F3N2O. The second-order valence-corrected chi connectivity index (χ2v) is 3.05. The van der Waals surface area contributed by atoms with Crippen molar-refractivity contribution >= 4 is 5.91 Å². The summed E-state index contributed by atoms with van der Waals surface area (Å²) in [5, 5.41) is 5.17. The van der Waals surface area contributed by atoms with Gasteiger partial charge in [0, 0.05) is 12.6 Å². The van der Waals surface area contributed by atoms with E-state index in [0.717, 1.165) is 6.54 Å². The van der Waals surface area contributed by atoms with Crippen LogP contribution in [0.5, 0.6) is 0 Å². The molecule has 0 aromatic heterocycles. The third kappa shape index (κ3) is 7.85. The highest BCUT2D eigenvalue weighted by Gasteiger charge is 2.30. The van der Waals surface area contributed by atoms with E-state index in [9.17, 15) is 18.0 Å². The average molecular weight is 212 g/mol. The standard InChI is InChI=1S/C8H15F3N2O/c1-3-12-6(2)5-13-7(14)4-8(9,10)11/h6,12H,3-5H2,1-2H3,(H,13,14)/t6-/m1/s1. The summed E-state index contributed by atoms with van der Waals surface area (Å²) in [4.78, 5) is 10.7. The third-order valence-electron chi connectivity index (χ3n) is 1.52. The van der Waals surface area contributed by atoms with E-state index in [1.165, 1.54) is 0 Å². The predicted octanol–water partition coefficient (Wildman–Crippen LogP) is 1.05. The first kappa shape index (κ1) is 13.2. The molecule has 0 saturated carbocycles. The van der Waals surface area contributed by atoms with Gasteiger partial charge in [-0.3, -0.25) is 4.79 Å². The molecule has 84 valence electrons. The summed E-state index contributed by atoms with van der Waals surface area (Å²) in [5.74, 6) is -0.984. The fourth-order valence-corrected chi connectivity index (χ4v) is 0.932. The van der Waals surface area contributed by atoms with E-state index in [2.05, 4.69) is 10.6 Å². The van der Waals surface area contributed by atoms with Gasteiger partial charge in [-0.15, -0.1) is 0 Å². The lowest BCUT2D eigenvalue weighted by atomic mass is 10.3. The number of hydrogen-bond acceptors (Lipinski definition) is 2. The molecule has 0 aromatic rings. The normalized spacial score (nSPS) is 13.8. The highest BCUT2D eigenvalue weighted by Crippen LogP contribution is 2.18. The van der Waals surface area contributed by atoms with Crippen molar-refractivity contribution in [3.05, 3.63) is 0 Å². The molecule has 0 aliphatic carbocycles. The second kappa shape index (κ2) is 5.85. The van der Waals surface area contributed by atoms with Crippen LogP contribution < -0.4 is 10.6 Å². The minimum absolute atomic E-state index is 0.0165. The van der Waals surface area contributed by atoms with Crippen molar-refractivity contribution in [1.82, 2.24) is 10.6 Å². The SMILES string of the molecule is CCN[C@H](C)CNC(=O)CC(F)(F)F. The molecule has 0 saturated heterocycles. The van der Waals surface area contributed by atoms with Gasteiger partial charge in [0.05, 0.1) is 0 Å². The Morgan fingerprint density at radius 1 is 1.43 bits per heavy atom. The Morgan fingerprint density at radius 2 is 2.00 bits per heavy atom. The van der Waals surface area contributed by atoms with Crippen molar-refractivity contribution in [2.45, 2.75) is 32.5 Å². The molecular weight excluding hydrogens is 197 g/mol. The van der Waals surface area contributed by atoms with E-state index in [-0.39, 0.29) is 12.6 Å². The van der Waals surface area contributed by atoms with Gasteiger partial charge in [-0.1, -0.05) is 6.92 Å². The monoisotopic (exact) mass is 212 g/mol. The van der Waals surface area contributed by atoms with Crippen molar-refractivity contribution in [3.8, 4) is 0 Å². The first-order chi connectivity index (χ1) is 6.35. The molecule has 0 fully saturated rings. The van der Waals surface area contributed by atoms with E-state index >= 15 is 0 Å². The van der Waals surface area contributed by atoms with Crippen LogP contribution in [0.2, 0.25) is 0 Å². The summed E-state index contributed by atoms with van der Waals surface area (Å²) in [7, 11) is 0. The Hall–Kier alpha value is -0.780. The lowest BCUT2D eigenvalue weighted by Crippen LogP contribution is -2.40. The van der Waals surface area contributed by atoms with Gasteiger partial charge in [0.15, 0.2) is 0 Å². The maximum Gasteiger partial charge on any atom is 0.397 e. The Labute approximate surface area is 81.1 Å². The van der Waals surface area contributed by atoms with Crippen molar-refractivity contribution in [2.24, 2.45) is 0 Å². The van der Waals surface area contributed by atoms with Crippen LogP contribution in [0.1, 0.15) is 20.3 Å². The summed E-state index contributed by atoms with van der Waals surface area (Å²) in [6.07, 6.45) is -5.84. The summed E-state index contributed by atoms with van der Waals surface area (Å²) >= 11 is 0. The molecule has 0 unspecified atom stereocenters. The van der Waals surface area contributed by atoms with Crippen LogP contribution in [-0.4, -0.2) is 31.2 Å². The van der Waals surface area contributed by atoms with Crippen LogP contribution in [0.3, 0.4) is 0 Å². The molecule has 1 atom stereocenters. The van der Waals surface area contributed by atoms with Crippen LogP contribution >= 0.6 is 0 Å². The molecule has 0 aliphatic heterocycles. The molecule has 3 nitrogen and oxygen atoms in total. The minimum Gasteiger partial charge on any atom is -0.354 e. The van der Waals surface area contributed by atoms with Crippen LogP contribution in [0.15, 0.2) is 0 Å². The van der Waals surface area contributed by atoms with Gasteiger partial charge in [-0.2, -0.15) is 13.2 Å². The van der Waals surface area contributed by atoms with E-state index < -0.39 is 18.5 Å². The second-order valence-electron chi connectivity index (χ2n) is 3.05. The van der Waals surface area contributed by atoms with Gasteiger partial charge in [-0.05, 0) is 13.5 Å². The average Bonchev–Trinajstić information content (AvgIpc) is 1.98. The maximum absolute atomic E-state index is 11.7. The number of nitrogens with one attached hydrogen (secondary N) is 2. The largest absolute Gasteiger partial charge is 0.397 e. The maximum atomic E-state index is 11.7. The highest BCUT2D eigenvalue weighted by molar-refractivity contribution is 5.76. The van der Waals surface area contributed by atoms with E-state index in [1.807, 2.05) is 6.92 Å². The summed E-state index contributed by atoms with van der Waals surface area (Å²) in [6.45, 7) is 4.60.